The smallest absolute Gasteiger partial charge is 0.230 e. The van der Waals surface area contributed by atoms with Crippen molar-refractivity contribution < 1.29 is 14.3 Å². The Kier molecular flexibility index (Phi) is 3.95. The Labute approximate surface area is 139 Å². The van der Waals surface area contributed by atoms with Crippen LogP contribution in [0.4, 0.5) is 5.69 Å². The molecule has 5 heteroatoms. The van der Waals surface area contributed by atoms with Crippen LogP contribution in [0, 0.1) is 5.92 Å². The predicted molar refractivity (Wildman–Crippen MR) is 90.3 cm³/mol. The zero-order chi connectivity index (χ0) is 15.6. The molecular weight excluding hydrogens is 310 g/mol. The van der Waals surface area contributed by atoms with Gasteiger partial charge in [-0.3, -0.25) is 4.79 Å². The number of carbonyl (C=O) groups excluding carboxylic acids is 1. The van der Waals surface area contributed by atoms with E-state index in [0.29, 0.717) is 19.8 Å². The number of hydrogen-bond donors (Lipinski definition) is 0. The fraction of sp³-hybridized carbons (Fsp3) is 0.389. The van der Waals surface area contributed by atoms with Gasteiger partial charge in [0.1, 0.15) is 13.2 Å². The molecule has 1 aliphatic heterocycles. The summed E-state index contributed by atoms with van der Waals surface area (Å²) in [7, 11) is 0. The Hall–Kier alpha value is -2.01. The van der Waals surface area contributed by atoms with Crippen LogP contribution in [0.5, 0.6) is 11.5 Å². The predicted octanol–water partition coefficient (Wildman–Crippen LogP) is 3.85. The summed E-state index contributed by atoms with van der Waals surface area (Å²) in [6, 6.07) is 9.88. The van der Waals surface area contributed by atoms with Gasteiger partial charge < -0.3 is 14.4 Å². The van der Waals surface area contributed by atoms with E-state index in [2.05, 4.69) is 6.07 Å². The van der Waals surface area contributed by atoms with E-state index in [1.165, 1.54) is 4.88 Å². The van der Waals surface area contributed by atoms with Gasteiger partial charge in [-0.25, -0.2) is 0 Å². The number of nitrogens with zero attached hydrogens (tertiary/aromatic N) is 1. The number of thiophene rings is 1. The van der Waals surface area contributed by atoms with Crippen molar-refractivity contribution in [3.8, 4) is 11.5 Å². The quantitative estimate of drug-likeness (QED) is 0.855. The van der Waals surface area contributed by atoms with Crippen LogP contribution in [0.2, 0.25) is 0 Å². The van der Waals surface area contributed by atoms with Gasteiger partial charge in [-0.2, -0.15) is 0 Å². The average molecular weight is 329 g/mol. The summed E-state index contributed by atoms with van der Waals surface area (Å²) in [5.74, 6) is 1.88. The lowest BCUT2D eigenvalue weighted by Gasteiger charge is -2.32. The van der Waals surface area contributed by atoms with Crippen LogP contribution < -0.4 is 14.4 Å². The van der Waals surface area contributed by atoms with Crippen LogP contribution >= 0.6 is 11.3 Å². The molecule has 1 aliphatic carbocycles. The first-order valence-corrected chi connectivity index (χ1v) is 8.92. The molecule has 0 N–H and O–H groups in total. The lowest BCUT2D eigenvalue weighted by molar-refractivity contribution is -0.124. The summed E-state index contributed by atoms with van der Waals surface area (Å²) in [4.78, 5) is 16.0. The van der Waals surface area contributed by atoms with Crippen LogP contribution in [-0.4, -0.2) is 19.1 Å². The highest BCUT2D eigenvalue weighted by atomic mass is 32.1. The summed E-state index contributed by atoms with van der Waals surface area (Å²) >= 11 is 1.68. The largest absolute Gasteiger partial charge is 0.486 e. The van der Waals surface area contributed by atoms with Gasteiger partial charge in [0, 0.05) is 22.5 Å². The molecule has 1 saturated carbocycles. The van der Waals surface area contributed by atoms with Crippen molar-refractivity contribution in [2.45, 2.75) is 25.8 Å². The van der Waals surface area contributed by atoms with Gasteiger partial charge in [-0.1, -0.05) is 12.5 Å². The molecule has 120 valence electrons. The van der Waals surface area contributed by atoms with Crippen molar-refractivity contribution in [2.75, 3.05) is 18.1 Å². The van der Waals surface area contributed by atoms with E-state index in [0.717, 1.165) is 36.4 Å². The Bertz CT molecular complexity index is 694. The normalized spacial score (nSPS) is 16.7. The van der Waals surface area contributed by atoms with Gasteiger partial charge in [0.2, 0.25) is 5.91 Å². The van der Waals surface area contributed by atoms with Gasteiger partial charge in [-0.05, 0) is 36.4 Å². The molecule has 0 atom stereocenters. The van der Waals surface area contributed by atoms with Crippen molar-refractivity contribution in [3.63, 3.8) is 0 Å². The molecule has 1 aromatic heterocycles. The van der Waals surface area contributed by atoms with Gasteiger partial charge in [0.05, 0.1) is 6.54 Å². The number of carbonyl (C=O) groups is 1. The Morgan fingerprint density at radius 3 is 2.70 bits per heavy atom. The first-order chi connectivity index (χ1) is 11.3. The van der Waals surface area contributed by atoms with E-state index in [1.54, 1.807) is 11.3 Å². The van der Waals surface area contributed by atoms with E-state index in [4.69, 9.17) is 9.47 Å². The second kappa shape index (κ2) is 6.24. The zero-order valence-corrected chi connectivity index (χ0v) is 13.7. The minimum absolute atomic E-state index is 0.170. The Balaban J connectivity index is 1.64. The fourth-order valence-electron chi connectivity index (χ4n) is 2.93. The molecule has 0 saturated heterocycles. The third kappa shape index (κ3) is 2.93. The molecule has 1 amide bonds. The number of anilines is 1. The first-order valence-electron chi connectivity index (χ1n) is 8.05. The Morgan fingerprint density at radius 2 is 2.00 bits per heavy atom. The van der Waals surface area contributed by atoms with E-state index in [1.807, 2.05) is 34.5 Å². The van der Waals surface area contributed by atoms with E-state index >= 15 is 0 Å². The molecule has 1 aromatic carbocycles. The summed E-state index contributed by atoms with van der Waals surface area (Å²) in [6.45, 7) is 1.75. The van der Waals surface area contributed by atoms with Crippen molar-refractivity contribution in [2.24, 2.45) is 5.92 Å². The van der Waals surface area contributed by atoms with Gasteiger partial charge in [0.25, 0.3) is 0 Å². The number of rotatable bonds is 4. The van der Waals surface area contributed by atoms with Gasteiger partial charge >= 0.3 is 0 Å². The number of ether oxygens (including phenoxy) is 2. The highest BCUT2D eigenvalue weighted by molar-refractivity contribution is 7.09. The minimum Gasteiger partial charge on any atom is -0.486 e. The molecular formula is C18H19NO3S. The second-order valence-electron chi connectivity index (χ2n) is 5.96. The first kappa shape index (κ1) is 14.6. The summed E-state index contributed by atoms with van der Waals surface area (Å²) in [5, 5.41) is 2.05. The number of fused-ring (bicyclic) bond motifs is 1. The van der Waals surface area contributed by atoms with E-state index in [9.17, 15) is 4.79 Å². The van der Waals surface area contributed by atoms with E-state index in [-0.39, 0.29) is 11.8 Å². The SMILES string of the molecule is O=C(C1CCC1)N(Cc1cccs1)c1ccc2c(c1)OCCO2. The molecule has 4 nitrogen and oxygen atoms in total. The summed E-state index contributed by atoms with van der Waals surface area (Å²) in [6.07, 6.45) is 3.17. The van der Waals surface area contributed by atoms with Crippen LogP contribution in [0.15, 0.2) is 35.7 Å². The number of hydrogen-bond acceptors (Lipinski definition) is 4. The zero-order valence-electron chi connectivity index (χ0n) is 12.9. The molecule has 2 aliphatic rings. The number of benzene rings is 1. The Morgan fingerprint density at radius 1 is 1.17 bits per heavy atom. The maximum atomic E-state index is 12.9. The van der Waals surface area contributed by atoms with Crippen molar-refractivity contribution in [3.05, 3.63) is 40.6 Å². The molecule has 0 unspecified atom stereocenters. The molecule has 0 bridgehead atoms. The third-order valence-corrected chi connectivity index (χ3v) is 5.31. The molecule has 2 aromatic rings. The van der Waals surface area contributed by atoms with Crippen molar-refractivity contribution >= 4 is 22.9 Å². The highest BCUT2D eigenvalue weighted by Crippen LogP contribution is 2.37. The molecule has 0 radical (unpaired) electrons. The third-order valence-electron chi connectivity index (χ3n) is 4.45. The standard InChI is InChI=1S/C18H19NO3S/c20-18(13-3-1-4-13)19(12-15-5-2-10-23-15)14-6-7-16-17(11-14)22-9-8-21-16/h2,5-7,10-11,13H,1,3-4,8-9,12H2. The maximum Gasteiger partial charge on any atom is 0.230 e. The molecule has 1 fully saturated rings. The highest BCUT2D eigenvalue weighted by Gasteiger charge is 2.31. The summed E-state index contributed by atoms with van der Waals surface area (Å²) in [5.41, 5.74) is 0.888. The van der Waals surface area contributed by atoms with Crippen LogP contribution in [0.1, 0.15) is 24.1 Å². The van der Waals surface area contributed by atoms with Crippen molar-refractivity contribution in [1.29, 1.82) is 0 Å². The molecule has 23 heavy (non-hydrogen) atoms. The lowest BCUT2D eigenvalue weighted by Crippen LogP contribution is -2.38. The molecule has 4 rings (SSSR count). The average Bonchev–Trinajstić information content (AvgIpc) is 3.03. The molecule has 0 spiro atoms. The molecule has 2 heterocycles. The lowest BCUT2D eigenvalue weighted by atomic mass is 9.84. The fourth-order valence-corrected chi connectivity index (χ4v) is 3.62. The van der Waals surface area contributed by atoms with Crippen LogP contribution in [0.3, 0.4) is 0 Å². The minimum atomic E-state index is 0.170. The second-order valence-corrected chi connectivity index (χ2v) is 6.99. The summed E-state index contributed by atoms with van der Waals surface area (Å²) < 4.78 is 11.2. The topological polar surface area (TPSA) is 38.8 Å². The van der Waals surface area contributed by atoms with E-state index < -0.39 is 0 Å². The maximum absolute atomic E-state index is 12.9. The monoisotopic (exact) mass is 329 g/mol. The van der Waals surface area contributed by atoms with Crippen LogP contribution in [-0.2, 0) is 11.3 Å². The van der Waals surface area contributed by atoms with Gasteiger partial charge in [-0.15, -0.1) is 11.3 Å². The van der Waals surface area contributed by atoms with Crippen molar-refractivity contribution in [1.82, 2.24) is 0 Å². The number of amides is 1. The van der Waals surface area contributed by atoms with Crippen LogP contribution in [0.25, 0.3) is 0 Å². The van der Waals surface area contributed by atoms with Gasteiger partial charge in [0.15, 0.2) is 11.5 Å².